The van der Waals surface area contributed by atoms with Gasteiger partial charge in [-0.1, -0.05) is 26.2 Å². The second-order valence-corrected chi connectivity index (χ2v) is 7.03. The van der Waals surface area contributed by atoms with E-state index in [4.69, 9.17) is 5.73 Å². The van der Waals surface area contributed by atoms with Crippen LogP contribution in [0.5, 0.6) is 0 Å². The highest BCUT2D eigenvalue weighted by molar-refractivity contribution is 6.00. The highest BCUT2D eigenvalue weighted by atomic mass is 16.2. The molecule has 0 atom stereocenters. The van der Waals surface area contributed by atoms with Crippen LogP contribution in [0.25, 0.3) is 0 Å². The number of hydrogen-bond acceptors (Lipinski definition) is 4. The molecule has 0 spiro atoms. The summed E-state index contributed by atoms with van der Waals surface area (Å²) >= 11 is 0. The molecule has 7 nitrogen and oxygen atoms in total. The first-order valence-electron chi connectivity index (χ1n) is 9.43. The van der Waals surface area contributed by atoms with Crippen molar-refractivity contribution >= 4 is 11.6 Å². The maximum Gasteiger partial charge on any atom is 0.332 e. The molecule has 25 heavy (non-hydrogen) atoms. The predicted octanol–water partition coefficient (Wildman–Crippen LogP) is 0.398. The minimum absolute atomic E-state index is 0.00557. The van der Waals surface area contributed by atoms with Gasteiger partial charge in [-0.05, 0) is 32.1 Å². The summed E-state index contributed by atoms with van der Waals surface area (Å²) in [7, 11) is 1.39. The molecule has 1 fully saturated rings. The molecule has 0 unspecified atom stereocenters. The number of carbonyl (C=O) groups is 1. The monoisotopic (exact) mass is 351 g/mol. The van der Waals surface area contributed by atoms with Crippen molar-refractivity contribution in [2.45, 2.75) is 70.9 Å². The summed E-state index contributed by atoms with van der Waals surface area (Å²) in [5.41, 5.74) is 4.91. The van der Waals surface area contributed by atoms with Crippen LogP contribution in [0.3, 0.4) is 0 Å². The Bertz CT molecular complexity index is 712. The van der Waals surface area contributed by atoms with Gasteiger partial charge >= 0.3 is 5.69 Å². The molecule has 140 valence electrons. The van der Waals surface area contributed by atoms with Crippen LogP contribution < -0.4 is 22.3 Å². The first-order valence-corrected chi connectivity index (χ1v) is 9.43. The molecular weight excluding hydrogens is 320 g/mol. The van der Waals surface area contributed by atoms with Crippen molar-refractivity contribution in [3.8, 4) is 0 Å². The van der Waals surface area contributed by atoms with Gasteiger partial charge in [0.15, 0.2) is 0 Å². The zero-order chi connectivity index (χ0) is 18.4. The van der Waals surface area contributed by atoms with Crippen molar-refractivity contribution in [3.63, 3.8) is 0 Å². The Hall–Kier alpha value is -1.89. The van der Waals surface area contributed by atoms with Gasteiger partial charge in [0.1, 0.15) is 17.9 Å². The minimum Gasteiger partial charge on any atom is -0.384 e. The Balaban J connectivity index is 2.18. The second kappa shape index (κ2) is 8.99. The number of rotatable bonds is 6. The van der Waals surface area contributed by atoms with Gasteiger partial charge in [0, 0.05) is 13.6 Å². The molecule has 0 amide bonds. The van der Waals surface area contributed by atoms with E-state index in [-0.39, 0.29) is 23.7 Å². The number of carbonyl (C=O) groups excluding carboxylic acids is 1. The van der Waals surface area contributed by atoms with E-state index in [0.717, 1.165) is 17.4 Å². The third-order valence-electron chi connectivity index (χ3n) is 5.10. The maximum absolute atomic E-state index is 12.7. The molecule has 7 heteroatoms. The molecule has 1 aliphatic carbocycles. The second-order valence-electron chi connectivity index (χ2n) is 7.03. The van der Waals surface area contributed by atoms with Crippen molar-refractivity contribution in [2.75, 3.05) is 12.3 Å². The maximum atomic E-state index is 12.7. The normalized spacial score (nSPS) is 16.4. The van der Waals surface area contributed by atoms with E-state index < -0.39 is 11.2 Å². The molecule has 1 aromatic rings. The summed E-state index contributed by atoms with van der Waals surface area (Å²) in [6, 6.07) is 0.427. The summed E-state index contributed by atoms with van der Waals surface area (Å²) in [5.74, 6) is -0.281. The number of nitrogens with two attached hydrogens (primary N) is 2. The van der Waals surface area contributed by atoms with Crippen LogP contribution >= 0.6 is 0 Å². The van der Waals surface area contributed by atoms with Gasteiger partial charge in [0.05, 0.1) is 6.04 Å². The highest BCUT2D eigenvalue weighted by Crippen LogP contribution is 2.15. The first kappa shape index (κ1) is 19.4. The van der Waals surface area contributed by atoms with Crippen molar-refractivity contribution in [2.24, 2.45) is 7.05 Å². The third kappa shape index (κ3) is 4.60. The quantitative estimate of drug-likeness (QED) is 0.724. The Labute approximate surface area is 148 Å². The van der Waals surface area contributed by atoms with Crippen LogP contribution in [0.4, 0.5) is 5.82 Å². The summed E-state index contributed by atoms with van der Waals surface area (Å²) in [6.45, 7) is 2.51. The predicted molar refractivity (Wildman–Crippen MR) is 97.9 cm³/mol. The lowest BCUT2D eigenvalue weighted by Gasteiger charge is -2.18. The molecule has 0 bridgehead atoms. The van der Waals surface area contributed by atoms with E-state index in [2.05, 4.69) is 0 Å². The molecule has 0 radical (unpaired) electrons. The van der Waals surface area contributed by atoms with Crippen LogP contribution in [0.15, 0.2) is 9.59 Å². The lowest BCUT2D eigenvalue weighted by atomic mass is 9.96. The number of nitrogen functional groups attached to an aromatic ring is 1. The van der Waals surface area contributed by atoms with Crippen molar-refractivity contribution < 1.29 is 10.1 Å². The Kier molecular flexibility index (Phi) is 6.99. The number of aromatic nitrogens is 2. The molecule has 2 rings (SSSR count). The molecule has 1 aliphatic rings. The number of hydrogen-bond donors (Lipinski definition) is 2. The molecule has 0 aliphatic heterocycles. The van der Waals surface area contributed by atoms with Crippen LogP contribution in [0.1, 0.15) is 68.6 Å². The summed E-state index contributed by atoms with van der Waals surface area (Å²) in [4.78, 5) is 37.2. The summed E-state index contributed by atoms with van der Waals surface area (Å²) < 4.78 is 2.31. The number of nitrogens with zero attached hydrogens (tertiary/aromatic N) is 2. The highest BCUT2D eigenvalue weighted by Gasteiger charge is 2.24. The molecule has 4 N–H and O–H groups in total. The zero-order valence-corrected chi connectivity index (χ0v) is 15.4. The van der Waals surface area contributed by atoms with Crippen molar-refractivity contribution in [3.05, 3.63) is 26.4 Å². The topological polar surface area (TPSA) is 104 Å². The van der Waals surface area contributed by atoms with Gasteiger partial charge in [-0.3, -0.25) is 18.7 Å². The molecule has 1 saturated carbocycles. The van der Waals surface area contributed by atoms with Gasteiger partial charge in [-0.25, -0.2) is 4.79 Å². The van der Waals surface area contributed by atoms with E-state index in [1.165, 1.54) is 43.7 Å². The fourth-order valence-corrected chi connectivity index (χ4v) is 3.58. The first-order chi connectivity index (χ1) is 12.0. The van der Waals surface area contributed by atoms with Gasteiger partial charge in [-0.15, -0.1) is 0 Å². The Morgan fingerprint density at radius 1 is 1.16 bits per heavy atom. The number of Topliss-reactive ketones (excluding diaryl/α,β-unsaturated/α-hetero) is 1. The molecule has 1 aromatic heterocycles. The average Bonchev–Trinajstić information content (AvgIpc) is 2.56. The van der Waals surface area contributed by atoms with E-state index in [9.17, 15) is 14.4 Å². The fourth-order valence-electron chi connectivity index (χ4n) is 3.58. The van der Waals surface area contributed by atoms with E-state index in [1.807, 2.05) is 12.2 Å². The number of anilines is 1. The minimum atomic E-state index is -0.592. The molecule has 0 saturated heterocycles. The standard InChI is InChI=1S/C18H30N4O3/c1-3-11-22-16(19)15(17(24)21(2)18(22)25)14(23)12-20-13-9-7-5-4-6-8-10-13/h13,20H,3-12,19H2,1-2H3/p+1. The van der Waals surface area contributed by atoms with Gasteiger partial charge in [0.25, 0.3) is 5.56 Å². The summed E-state index contributed by atoms with van der Waals surface area (Å²) in [6.07, 6.45) is 9.12. The SMILES string of the molecule is CCCn1c(N)c(C(=O)C[NH2+]C2CCCCCCC2)c(=O)n(C)c1=O. The lowest BCUT2D eigenvalue weighted by molar-refractivity contribution is -0.679. The Morgan fingerprint density at radius 3 is 2.36 bits per heavy atom. The van der Waals surface area contributed by atoms with Crippen LogP contribution in [0, 0.1) is 0 Å². The van der Waals surface area contributed by atoms with Crippen molar-refractivity contribution in [1.82, 2.24) is 9.13 Å². The summed E-state index contributed by atoms with van der Waals surface area (Å²) in [5, 5.41) is 2.04. The molecule has 0 aromatic carbocycles. The van der Waals surface area contributed by atoms with Gasteiger partial charge < -0.3 is 11.1 Å². The van der Waals surface area contributed by atoms with Gasteiger partial charge in [0.2, 0.25) is 5.78 Å². The fraction of sp³-hybridized carbons (Fsp3) is 0.722. The largest absolute Gasteiger partial charge is 0.384 e. The zero-order valence-electron chi connectivity index (χ0n) is 15.4. The van der Waals surface area contributed by atoms with Crippen LogP contribution in [-0.2, 0) is 13.6 Å². The number of ketones is 1. The van der Waals surface area contributed by atoms with E-state index in [1.54, 1.807) is 0 Å². The van der Waals surface area contributed by atoms with Crippen LogP contribution in [-0.4, -0.2) is 27.5 Å². The lowest BCUT2D eigenvalue weighted by Crippen LogP contribution is -2.91. The van der Waals surface area contributed by atoms with E-state index >= 15 is 0 Å². The van der Waals surface area contributed by atoms with Gasteiger partial charge in [-0.2, -0.15) is 0 Å². The number of quaternary nitrogens is 1. The molecular formula is C18H31N4O3+. The third-order valence-corrected chi connectivity index (χ3v) is 5.10. The average molecular weight is 351 g/mol. The van der Waals surface area contributed by atoms with Crippen molar-refractivity contribution in [1.29, 1.82) is 0 Å². The van der Waals surface area contributed by atoms with Crippen LogP contribution in [0.2, 0.25) is 0 Å². The molecule has 1 heterocycles. The smallest absolute Gasteiger partial charge is 0.332 e. The van der Waals surface area contributed by atoms with E-state index in [0.29, 0.717) is 19.0 Å². The Morgan fingerprint density at radius 2 is 1.76 bits per heavy atom.